The minimum absolute atomic E-state index is 0.271. The van der Waals surface area contributed by atoms with Crippen molar-refractivity contribution in [1.82, 2.24) is 0 Å². The van der Waals surface area contributed by atoms with Crippen LogP contribution in [-0.2, 0) is 30.3 Å². The van der Waals surface area contributed by atoms with Gasteiger partial charge in [-0.05, 0) is 32.9 Å². The van der Waals surface area contributed by atoms with E-state index in [-0.39, 0.29) is 11.8 Å². The number of aryl methyl sites for hydroxylation is 1. The first-order valence-electron chi connectivity index (χ1n) is 11.7. The van der Waals surface area contributed by atoms with Gasteiger partial charge in [0.15, 0.2) is 6.29 Å². The van der Waals surface area contributed by atoms with E-state index in [1.807, 2.05) is 93.6 Å². The molecular formula is C28H26N2O4. The fraction of sp³-hybridized carbons (Fsp3) is 0.286. The molecule has 3 aromatic carbocycles. The minimum Gasteiger partial charge on any atom is -0.323 e. The third kappa shape index (κ3) is 2.37. The molecule has 3 heterocycles. The number of hydrogen-bond donors (Lipinski definition) is 0. The van der Waals surface area contributed by atoms with Crippen LogP contribution in [0, 0.1) is 6.92 Å². The number of nitrogens with zero attached hydrogens (tertiary/aromatic N) is 2. The van der Waals surface area contributed by atoms with E-state index in [1.165, 1.54) is 0 Å². The summed E-state index contributed by atoms with van der Waals surface area (Å²) < 4.78 is 13.4. The lowest BCUT2D eigenvalue weighted by Crippen LogP contribution is -2.58. The number of fused-ring (bicyclic) bond motifs is 5. The van der Waals surface area contributed by atoms with Gasteiger partial charge in [0.2, 0.25) is 11.2 Å². The second-order valence-electron chi connectivity index (χ2n) is 8.97. The third-order valence-corrected chi connectivity index (χ3v) is 7.29. The Bertz CT molecular complexity index is 1240. The molecule has 6 nitrogen and oxygen atoms in total. The van der Waals surface area contributed by atoms with Crippen LogP contribution in [-0.4, -0.2) is 24.9 Å². The Labute approximate surface area is 198 Å². The smallest absolute Gasteiger partial charge is 0.268 e. The maximum absolute atomic E-state index is 14.3. The topological polar surface area (TPSA) is 59.1 Å². The molecule has 0 aromatic heterocycles. The number of ether oxygens (including phenoxy) is 2. The standard InChI is InChI=1S/C28H26N2O4/c1-4-29-22-12-8-6-10-20(22)27(25(29)31)28(34-24(33-27)19-16-14-18(3)15-17-19)21-11-7-9-13-23(21)30(5-2)26(28)32/h6-17,24H,4-5H2,1-3H3/t27-,28-/m1/s1. The lowest BCUT2D eigenvalue weighted by molar-refractivity contribution is -0.156. The van der Waals surface area contributed by atoms with E-state index in [0.717, 1.165) is 22.5 Å². The predicted molar refractivity (Wildman–Crippen MR) is 128 cm³/mol. The van der Waals surface area contributed by atoms with Gasteiger partial charge in [-0.1, -0.05) is 66.2 Å². The molecule has 2 atom stereocenters. The number of rotatable bonds is 3. The largest absolute Gasteiger partial charge is 0.323 e. The van der Waals surface area contributed by atoms with Crippen LogP contribution >= 0.6 is 0 Å². The second kappa shape index (κ2) is 7.26. The van der Waals surface area contributed by atoms with Gasteiger partial charge in [0.1, 0.15) is 0 Å². The van der Waals surface area contributed by atoms with E-state index in [9.17, 15) is 9.59 Å². The molecule has 0 N–H and O–H groups in total. The zero-order chi connectivity index (χ0) is 23.7. The van der Waals surface area contributed by atoms with Gasteiger partial charge in [-0.2, -0.15) is 0 Å². The van der Waals surface area contributed by atoms with Crippen molar-refractivity contribution in [3.05, 3.63) is 95.1 Å². The van der Waals surface area contributed by atoms with E-state index in [2.05, 4.69) is 0 Å². The van der Waals surface area contributed by atoms with Crippen molar-refractivity contribution in [2.24, 2.45) is 0 Å². The summed E-state index contributed by atoms with van der Waals surface area (Å²) in [5, 5.41) is 0. The third-order valence-electron chi connectivity index (χ3n) is 7.29. The predicted octanol–water partition coefficient (Wildman–Crippen LogP) is 4.56. The van der Waals surface area contributed by atoms with Crippen molar-refractivity contribution in [3.63, 3.8) is 0 Å². The Morgan fingerprint density at radius 2 is 1.15 bits per heavy atom. The van der Waals surface area contributed by atoms with E-state index < -0.39 is 17.5 Å². The normalized spacial score (nSPS) is 25.6. The lowest BCUT2D eigenvalue weighted by Gasteiger charge is -2.35. The van der Waals surface area contributed by atoms with E-state index >= 15 is 0 Å². The number of para-hydroxylation sites is 2. The molecule has 1 fully saturated rings. The summed E-state index contributed by atoms with van der Waals surface area (Å²) in [5.74, 6) is -0.543. The van der Waals surface area contributed by atoms with E-state index in [1.54, 1.807) is 9.80 Å². The second-order valence-corrected chi connectivity index (χ2v) is 8.97. The Hall–Kier alpha value is -3.48. The van der Waals surface area contributed by atoms with Gasteiger partial charge in [-0.15, -0.1) is 0 Å². The summed E-state index contributed by atoms with van der Waals surface area (Å²) in [6.07, 6.45) is -0.886. The number of carbonyl (C=O) groups excluding carboxylic acids is 2. The first kappa shape index (κ1) is 21.1. The van der Waals surface area contributed by atoms with Gasteiger partial charge in [0.05, 0.1) is 11.4 Å². The zero-order valence-corrected chi connectivity index (χ0v) is 19.4. The summed E-state index contributed by atoms with van der Waals surface area (Å²) in [4.78, 5) is 32.0. The maximum atomic E-state index is 14.3. The van der Waals surface area contributed by atoms with Gasteiger partial charge < -0.3 is 19.3 Å². The summed E-state index contributed by atoms with van der Waals surface area (Å²) >= 11 is 0. The Morgan fingerprint density at radius 1 is 0.706 bits per heavy atom. The van der Waals surface area contributed by atoms with Crippen molar-refractivity contribution in [1.29, 1.82) is 0 Å². The molecule has 3 aliphatic heterocycles. The average Bonchev–Trinajstić information content (AvgIpc) is 3.43. The molecule has 0 saturated carbocycles. The molecule has 0 radical (unpaired) electrons. The fourth-order valence-corrected chi connectivity index (χ4v) is 5.75. The van der Waals surface area contributed by atoms with Gasteiger partial charge >= 0.3 is 0 Å². The van der Waals surface area contributed by atoms with Gasteiger partial charge in [0.25, 0.3) is 11.8 Å². The molecule has 0 aliphatic carbocycles. The van der Waals surface area contributed by atoms with E-state index in [4.69, 9.17) is 9.47 Å². The molecule has 6 heteroatoms. The zero-order valence-electron chi connectivity index (χ0n) is 19.4. The number of likely N-dealkylation sites (N-methyl/N-ethyl adjacent to an activating group) is 2. The number of benzene rings is 3. The summed E-state index contributed by atoms with van der Waals surface area (Å²) in [5.41, 5.74) is 1.44. The molecule has 172 valence electrons. The Morgan fingerprint density at radius 3 is 1.59 bits per heavy atom. The van der Waals surface area contributed by atoms with Crippen LogP contribution in [0.2, 0.25) is 0 Å². The van der Waals surface area contributed by atoms with Crippen molar-refractivity contribution < 1.29 is 19.1 Å². The molecule has 6 rings (SSSR count). The van der Waals surface area contributed by atoms with Gasteiger partial charge in [0, 0.05) is 29.8 Å². The molecule has 34 heavy (non-hydrogen) atoms. The first-order chi connectivity index (χ1) is 16.5. The molecule has 0 bridgehead atoms. The maximum Gasteiger partial charge on any atom is 0.268 e. The van der Waals surface area contributed by atoms with E-state index in [0.29, 0.717) is 24.2 Å². The van der Waals surface area contributed by atoms with Crippen LogP contribution in [0.4, 0.5) is 11.4 Å². The van der Waals surface area contributed by atoms with Crippen LogP contribution in [0.15, 0.2) is 72.8 Å². The SMILES string of the molecule is CCN1C(=O)[C@]2(OC(c3ccc(C)cc3)O[C@]23C(=O)N(CC)c2ccccc23)c2ccccc21. The highest BCUT2D eigenvalue weighted by atomic mass is 16.8. The van der Waals surface area contributed by atoms with Crippen LogP contribution < -0.4 is 9.80 Å². The first-order valence-corrected chi connectivity index (χ1v) is 11.7. The Balaban J connectivity index is 1.67. The van der Waals surface area contributed by atoms with Crippen molar-refractivity contribution in [3.8, 4) is 0 Å². The van der Waals surface area contributed by atoms with Crippen molar-refractivity contribution in [2.75, 3.05) is 22.9 Å². The number of carbonyl (C=O) groups is 2. The summed E-state index contributed by atoms with van der Waals surface area (Å²) in [6, 6.07) is 23.0. The molecular weight excluding hydrogens is 428 g/mol. The highest BCUT2D eigenvalue weighted by Crippen LogP contribution is 2.65. The molecule has 3 aromatic rings. The fourth-order valence-electron chi connectivity index (χ4n) is 5.75. The van der Waals surface area contributed by atoms with Crippen LogP contribution in [0.25, 0.3) is 0 Å². The highest BCUT2D eigenvalue weighted by Gasteiger charge is 2.77. The van der Waals surface area contributed by atoms with Gasteiger partial charge in [-0.25, -0.2) is 0 Å². The monoisotopic (exact) mass is 454 g/mol. The van der Waals surface area contributed by atoms with Crippen molar-refractivity contribution >= 4 is 23.2 Å². The summed E-state index contributed by atoms with van der Waals surface area (Å²) in [7, 11) is 0. The summed E-state index contributed by atoms with van der Waals surface area (Å²) in [6.45, 7) is 6.78. The molecule has 2 amide bonds. The lowest BCUT2D eigenvalue weighted by atomic mass is 9.74. The van der Waals surface area contributed by atoms with Crippen LogP contribution in [0.5, 0.6) is 0 Å². The van der Waals surface area contributed by atoms with Gasteiger partial charge in [-0.3, -0.25) is 9.59 Å². The van der Waals surface area contributed by atoms with Crippen LogP contribution in [0.1, 0.15) is 42.4 Å². The molecule has 0 unspecified atom stereocenters. The highest BCUT2D eigenvalue weighted by molar-refractivity contribution is 6.17. The molecule has 2 spiro atoms. The molecule has 3 aliphatic rings. The van der Waals surface area contributed by atoms with Crippen LogP contribution in [0.3, 0.4) is 0 Å². The minimum atomic E-state index is -1.63. The Kier molecular flexibility index (Phi) is 4.50. The number of amides is 2. The average molecular weight is 455 g/mol. The number of hydrogen-bond acceptors (Lipinski definition) is 4. The quantitative estimate of drug-likeness (QED) is 0.582. The molecule has 1 saturated heterocycles. The van der Waals surface area contributed by atoms with Crippen molar-refractivity contribution in [2.45, 2.75) is 38.3 Å². The number of anilines is 2.